The Kier molecular flexibility index (Phi) is 4.79. The van der Waals surface area contributed by atoms with Gasteiger partial charge in [0, 0.05) is 0 Å². The largest absolute Gasteiger partial charge is 0.479 e. The number of fused-ring (bicyclic) bond motifs is 1. The van der Waals surface area contributed by atoms with Gasteiger partial charge in [0.05, 0.1) is 17.2 Å². The predicted octanol–water partition coefficient (Wildman–Crippen LogP) is 1.90. The van der Waals surface area contributed by atoms with Crippen molar-refractivity contribution in [2.45, 2.75) is 19.0 Å². The van der Waals surface area contributed by atoms with E-state index in [9.17, 15) is 19.5 Å². The van der Waals surface area contributed by atoms with Crippen molar-refractivity contribution in [2.75, 3.05) is 0 Å². The fraction of sp³-hybridized carbons (Fsp3) is 0.158. The van der Waals surface area contributed by atoms with Crippen LogP contribution < -0.4 is 10.9 Å². The first-order chi connectivity index (χ1) is 12.5. The van der Waals surface area contributed by atoms with Crippen LogP contribution >= 0.6 is 0 Å². The number of nitrogens with zero attached hydrogens (tertiary/aromatic N) is 2. The van der Waals surface area contributed by atoms with Crippen LogP contribution in [0.1, 0.15) is 24.6 Å². The third-order valence-corrected chi connectivity index (χ3v) is 4.15. The van der Waals surface area contributed by atoms with Crippen LogP contribution in [0.25, 0.3) is 10.9 Å². The molecule has 1 aromatic heterocycles. The van der Waals surface area contributed by atoms with E-state index in [0.29, 0.717) is 16.5 Å². The van der Waals surface area contributed by atoms with Crippen molar-refractivity contribution in [2.24, 2.45) is 0 Å². The van der Waals surface area contributed by atoms with Crippen LogP contribution in [0.5, 0.6) is 0 Å². The van der Waals surface area contributed by atoms with Gasteiger partial charge >= 0.3 is 5.97 Å². The number of aliphatic carboxylic acids is 1. The number of carbonyl (C=O) groups is 2. The Morgan fingerprint density at radius 1 is 1.08 bits per heavy atom. The molecular weight excluding hydrogens is 334 g/mol. The Morgan fingerprint density at radius 2 is 1.73 bits per heavy atom. The second-order valence-electron chi connectivity index (χ2n) is 5.84. The summed E-state index contributed by atoms with van der Waals surface area (Å²) in [6.07, 6.45) is 1.30. The van der Waals surface area contributed by atoms with E-state index in [1.54, 1.807) is 54.6 Å². The lowest BCUT2D eigenvalue weighted by Gasteiger charge is -2.19. The topological polar surface area (TPSA) is 101 Å². The lowest BCUT2D eigenvalue weighted by molar-refractivity contribution is -0.142. The molecule has 26 heavy (non-hydrogen) atoms. The summed E-state index contributed by atoms with van der Waals surface area (Å²) in [5.74, 6) is -1.76. The lowest BCUT2D eigenvalue weighted by atomic mass is 10.1. The summed E-state index contributed by atoms with van der Waals surface area (Å²) in [4.78, 5) is 40.9. The molecule has 0 spiro atoms. The van der Waals surface area contributed by atoms with Gasteiger partial charge in [0.25, 0.3) is 5.56 Å². The molecule has 0 bridgehead atoms. The maximum absolute atomic E-state index is 12.6. The number of para-hydroxylation sites is 1. The summed E-state index contributed by atoms with van der Waals surface area (Å²) >= 11 is 0. The first-order valence-corrected chi connectivity index (χ1v) is 8.03. The van der Waals surface area contributed by atoms with Gasteiger partial charge in [-0.1, -0.05) is 42.5 Å². The molecular formula is C19H17N3O4. The summed E-state index contributed by atoms with van der Waals surface area (Å²) < 4.78 is 1.20. The number of benzene rings is 2. The van der Waals surface area contributed by atoms with Gasteiger partial charge in [0.1, 0.15) is 6.04 Å². The molecule has 2 atom stereocenters. The van der Waals surface area contributed by atoms with Crippen LogP contribution in [0.3, 0.4) is 0 Å². The molecule has 2 unspecified atom stereocenters. The van der Waals surface area contributed by atoms with Crippen molar-refractivity contribution in [3.63, 3.8) is 0 Å². The van der Waals surface area contributed by atoms with E-state index in [1.807, 2.05) is 0 Å². The summed E-state index contributed by atoms with van der Waals surface area (Å²) in [6.45, 7) is 1.52. The number of nitrogens with one attached hydrogen (secondary N) is 1. The first-order valence-electron chi connectivity index (χ1n) is 8.03. The minimum atomic E-state index is -1.20. The number of hydrogen-bond acceptors (Lipinski definition) is 4. The third kappa shape index (κ3) is 3.32. The standard InChI is InChI=1S/C19H17N3O4/c1-12(22-11-20-15-10-6-5-9-14(15)18(22)24)17(23)21-16(19(25)26)13-7-3-2-4-8-13/h2-12,16H,1H3,(H,21,23)(H,25,26). The van der Waals surface area contributed by atoms with Crippen molar-refractivity contribution in [3.05, 3.63) is 76.8 Å². The van der Waals surface area contributed by atoms with Crippen molar-refractivity contribution in [3.8, 4) is 0 Å². The molecule has 1 heterocycles. The van der Waals surface area contributed by atoms with Crippen LogP contribution in [0.15, 0.2) is 65.7 Å². The van der Waals surface area contributed by atoms with Gasteiger partial charge in [-0.15, -0.1) is 0 Å². The molecule has 2 aromatic carbocycles. The molecule has 3 rings (SSSR count). The van der Waals surface area contributed by atoms with Gasteiger partial charge < -0.3 is 10.4 Å². The Morgan fingerprint density at radius 3 is 2.42 bits per heavy atom. The van der Waals surface area contributed by atoms with Crippen LogP contribution in [0.4, 0.5) is 0 Å². The molecule has 0 fully saturated rings. The van der Waals surface area contributed by atoms with E-state index < -0.39 is 24.0 Å². The Balaban J connectivity index is 1.89. The highest BCUT2D eigenvalue weighted by Gasteiger charge is 2.25. The molecule has 0 aliphatic rings. The molecule has 0 aliphatic carbocycles. The highest BCUT2D eigenvalue weighted by molar-refractivity contribution is 5.87. The van der Waals surface area contributed by atoms with Crippen molar-refractivity contribution < 1.29 is 14.7 Å². The van der Waals surface area contributed by atoms with Gasteiger partial charge in [-0.25, -0.2) is 9.78 Å². The van der Waals surface area contributed by atoms with Crippen molar-refractivity contribution in [1.29, 1.82) is 0 Å². The maximum Gasteiger partial charge on any atom is 0.330 e. The van der Waals surface area contributed by atoms with E-state index in [-0.39, 0.29) is 5.56 Å². The molecule has 0 saturated heterocycles. The number of carboxylic acid groups (broad SMARTS) is 1. The Labute approximate surface area is 148 Å². The first kappa shape index (κ1) is 17.3. The smallest absolute Gasteiger partial charge is 0.330 e. The molecule has 132 valence electrons. The van der Waals surface area contributed by atoms with Gasteiger partial charge in [-0.3, -0.25) is 14.2 Å². The van der Waals surface area contributed by atoms with Crippen LogP contribution in [0.2, 0.25) is 0 Å². The summed E-state index contributed by atoms with van der Waals surface area (Å²) in [7, 11) is 0. The zero-order valence-corrected chi connectivity index (χ0v) is 14.0. The van der Waals surface area contributed by atoms with Gasteiger partial charge in [0.15, 0.2) is 6.04 Å². The zero-order chi connectivity index (χ0) is 18.7. The van der Waals surface area contributed by atoms with Crippen LogP contribution in [0, 0.1) is 0 Å². The summed E-state index contributed by atoms with van der Waals surface area (Å²) in [6, 6.07) is 13.1. The van der Waals surface area contributed by atoms with E-state index in [4.69, 9.17) is 0 Å². The number of carbonyl (C=O) groups excluding carboxylic acids is 1. The normalized spacial score (nSPS) is 13.1. The minimum Gasteiger partial charge on any atom is -0.479 e. The number of amides is 1. The molecule has 0 saturated carbocycles. The molecule has 7 heteroatoms. The Hall–Kier alpha value is -3.48. The fourth-order valence-electron chi connectivity index (χ4n) is 2.68. The highest BCUT2D eigenvalue weighted by Crippen LogP contribution is 2.15. The third-order valence-electron chi connectivity index (χ3n) is 4.15. The highest BCUT2D eigenvalue weighted by atomic mass is 16.4. The summed E-state index contributed by atoms with van der Waals surface area (Å²) in [5.41, 5.74) is 0.628. The number of rotatable bonds is 5. The van der Waals surface area contributed by atoms with Crippen LogP contribution in [-0.2, 0) is 9.59 Å². The maximum atomic E-state index is 12.6. The van der Waals surface area contributed by atoms with Crippen LogP contribution in [-0.4, -0.2) is 26.5 Å². The van der Waals surface area contributed by atoms with Gasteiger partial charge in [-0.05, 0) is 24.6 Å². The zero-order valence-electron chi connectivity index (χ0n) is 14.0. The number of hydrogen-bond donors (Lipinski definition) is 2. The van der Waals surface area contributed by atoms with Crippen molar-refractivity contribution in [1.82, 2.24) is 14.9 Å². The minimum absolute atomic E-state index is 0.357. The monoisotopic (exact) mass is 351 g/mol. The van der Waals surface area contributed by atoms with E-state index in [0.717, 1.165) is 0 Å². The van der Waals surface area contributed by atoms with E-state index >= 15 is 0 Å². The quantitative estimate of drug-likeness (QED) is 0.731. The SMILES string of the molecule is CC(C(=O)NC(C(=O)O)c1ccccc1)n1cnc2ccccc2c1=O. The van der Waals surface area contributed by atoms with E-state index in [2.05, 4.69) is 10.3 Å². The molecule has 0 aliphatic heterocycles. The van der Waals surface area contributed by atoms with E-state index in [1.165, 1.54) is 17.8 Å². The van der Waals surface area contributed by atoms with Gasteiger partial charge in [0.2, 0.25) is 5.91 Å². The molecule has 3 aromatic rings. The number of carboxylic acids is 1. The second-order valence-corrected chi connectivity index (χ2v) is 5.84. The predicted molar refractivity (Wildman–Crippen MR) is 95.7 cm³/mol. The molecule has 7 nitrogen and oxygen atoms in total. The average Bonchev–Trinajstić information content (AvgIpc) is 2.66. The molecule has 2 N–H and O–H groups in total. The Bertz CT molecular complexity index is 1010. The second kappa shape index (κ2) is 7.18. The lowest BCUT2D eigenvalue weighted by Crippen LogP contribution is -2.40. The van der Waals surface area contributed by atoms with Crippen molar-refractivity contribution >= 4 is 22.8 Å². The molecule has 0 radical (unpaired) electrons. The fourth-order valence-corrected chi connectivity index (χ4v) is 2.68. The summed E-state index contributed by atoms with van der Waals surface area (Å²) in [5, 5.41) is 12.3. The number of aromatic nitrogens is 2. The van der Waals surface area contributed by atoms with Gasteiger partial charge in [-0.2, -0.15) is 0 Å². The molecule has 1 amide bonds. The average molecular weight is 351 g/mol.